The summed E-state index contributed by atoms with van der Waals surface area (Å²) in [6.07, 6.45) is -0.734. The van der Waals surface area contributed by atoms with Crippen molar-refractivity contribution in [2.45, 2.75) is 38.7 Å². The Morgan fingerprint density at radius 3 is 2.59 bits per heavy atom. The number of aromatic nitrogens is 2. The van der Waals surface area contributed by atoms with Gasteiger partial charge in [0.05, 0.1) is 35.7 Å². The lowest BCUT2D eigenvalue weighted by Gasteiger charge is -2.38. The minimum Gasteiger partial charge on any atom is -0.486 e. The molecule has 2 amide bonds. The van der Waals surface area contributed by atoms with Gasteiger partial charge in [0, 0.05) is 37.9 Å². The van der Waals surface area contributed by atoms with E-state index in [0.717, 1.165) is 12.1 Å². The lowest BCUT2D eigenvalue weighted by atomic mass is 9.98. The first kappa shape index (κ1) is 29.9. The topological polar surface area (TPSA) is 108 Å². The number of anilines is 1. The van der Waals surface area contributed by atoms with Crippen molar-refractivity contribution in [3.8, 4) is 5.75 Å². The van der Waals surface area contributed by atoms with Crippen molar-refractivity contribution < 1.29 is 32.6 Å². The summed E-state index contributed by atoms with van der Waals surface area (Å²) in [6.45, 7) is 4.46. The van der Waals surface area contributed by atoms with Gasteiger partial charge in [-0.1, -0.05) is 25.1 Å². The molecular weight excluding hydrogens is 539 g/mol. The number of amides is 2. The van der Waals surface area contributed by atoms with Gasteiger partial charge in [-0.15, -0.1) is 0 Å². The third kappa shape index (κ3) is 7.19. The zero-order valence-corrected chi connectivity index (χ0v) is 22.9. The summed E-state index contributed by atoms with van der Waals surface area (Å²) in [5.41, 5.74) is 0.564. The number of alkyl halides is 3. The van der Waals surface area contributed by atoms with Gasteiger partial charge in [0.1, 0.15) is 11.8 Å². The van der Waals surface area contributed by atoms with Gasteiger partial charge in [0.15, 0.2) is 5.75 Å². The Kier molecular flexibility index (Phi) is 9.24. The molecule has 1 aliphatic rings. The van der Waals surface area contributed by atoms with E-state index in [2.05, 4.69) is 15.3 Å². The van der Waals surface area contributed by atoms with Gasteiger partial charge in [-0.05, 0) is 43.8 Å². The van der Waals surface area contributed by atoms with Crippen molar-refractivity contribution in [2.24, 2.45) is 5.92 Å². The fourth-order valence-corrected chi connectivity index (χ4v) is 4.64. The van der Waals surface area contributed by atoms with Crippen molar-refractivity contribution in [1.82, 2.24) is 19.8 Å². The maximum absolute atomic E-state index is 13.6. The molecule has 0 unspecified atom stereocenters. The molecule has 41 heavy (non-hydrogen) atoms. The van der Waals surface area contributed by atoms with E-state index < -0.39 is 29.8 Å². The van der Waals surface area contributed by atoms with Crippen LogP contribution in [0.2, 0.25) is 0 Å². The maximum Gasteiger partial charge on any atom is 0.416 e. The molecule has 0 radical (unpaired) electrons. The average Bonchev–Trinajstić information content (AvgIpc) is 2.95. The summed E-state index contributed by atoms with van der Waals surface area (Å²) in [5.74, 6) is -0.904. The molecule has 0 aliphatic carbocycles. The second-order valence-corrected chi connectivity index (χ2v) is 10.2. The average molecular weight is 572 g/mol. The highest BCUT2D eigenvalue weighted by Gasteiger charge is 2.35. The van der Waals surface area contributed by atoms with Crippen molar-refractivity contribution in [1.29, 1.82) is 0 Å². The number of likely N-dealkylation sites (N-methyl/N-ethyl adjacent to an activating group) is 1. The van der Waals surface area contributed by atoms with Crippen LogP contribution in [0, 0.1) is 5.92 Å². The zero-order valence-electron chi connectivity index (χ0n) is 22.9. The predicted molar refractivity (Wildman–Crippen MR) is 145 cm³/mol. The van der Waals surface area contributed by atoms with E-state index in [1.165, 1.54) is 30.7 Å². The molecule has 0 saturated carbocycles. The normalized spacial score (nSPS) is 18.2. The predicted octanol–water partition coefficient (Wildman–Crippen LogP) is 4.10. The fraction of sp³-hybridized carbons (Fsp3) is 0.379. The van der Waals surface area contributed by atoms with Crippen LogP contribution in [0.25, 0.3) is 0 Å². The van der Waals surface area contributed by atoms with Gasteiger partial charge in [0.25, 0.3) is 11.8 Å². The molecule has 0 fully saturated rings. The molecule has 2 aromatic carbocycles. The fourth-order valence-electron chi connectivity index (χ4n) is 4.64. The molecule has 12 heteroatoms. The highest BCUT2D eigenvalue weighted by atomic mass is 19.4. The van der Waals surface area contributed by atoms with Gasteiger partial charge in [0.2, 0.25) is 0 Å². The quantitative estimate of drug-likeness (QED) is 0.419. The number of para-hydroxylation sites is 1. The van der Waals surface area contributed by atoms with Gasteiger partial charge in [-0.3, -0.25) is 19.5 Å². The largest absolute Gasteiger partial charge is 0.486 e. The summed E-state index contributed by atoms with van der Waals surface area (Å²) in [4.78, 5) is 38.0. The Bertz CT molecular complexity index is 1350. The number of nitrogens with zero attached hydrogens (tertiary/aromatic N) is 4. The van der Waals surface area contributed by atoms with E-state index in [1.807, 2.05) is 18.9 Å². The Hall–Kier alpha value is -4.03. The molecule has 3 atom stereocenters. The third-order valence-corrected chi connectivity index (χ3v) is 6.96. The maximum atomic E-state index is 13.6. The second-order valence-electron chi connectivity index (χ2n) is 10.2. The number of hydrogen-bond acceptors (Lipinski definition) is 7. The Balaban J connectivity index is 1.63. The summed E-state index contributed by atoms with van der Waals surface area (Å²) in [6, 6.07) is 9.38. The highest BCUT2D eigenvalue weighted by Crippen LogP contribution is 2.35. The molecule has 1 aliphatic heterocycles. The summed E-state index contributed by atoms with van der Waals surface area (Å²) in [5, 5.41) is 12.6. The first-order valence-electron chi connectivity index (χ1n) is 13.1. The number of halogens is 3. The van der Waals surface area contributed by atoms with E-state index in [-0.39, 0.29) is 41.1 Å². The van der Waals surface area contributed by atoms with E-state index in [1.54, 1.807) is 30.0 Å². The smallest absolute Gasteiger partial charge is 0.416 e. The van der Waals surface area contributed by atoms with E-state index in [0.29, 0.717) is 25.2 Å². The molecule has 3 aromatic rings. The lowest BCUT2D eigenvalue weighted by Crippen LogP contribution is -2.49. The van der Waals surface area contributed by atoms with Crippen LogP contribution < -0.4 is 10.1 Å². The molecule has 218 valence electrons. The van der Waals surface area contributed by atoms with Gasteiger partial charge in [-0.2, -0.15) is 13.2 Å². The van der Waals surface area contributed by atoms with Crippen LogP contribution in [0.1, 0.15) is 45.8 Å². The first-order valence-corrected chi connectivity index (χ1v) is 13.1. The van der Waals surface area contributed by atoms with Crippen LogP contribution in [0.5, 0.6) is 5.75 Å². The molecule has 2 N–H and O–H groups in total. The van der Waals surface area contributed by atoms with Gasteiger partial charge < -0.3 is 20.1 Å². The van der Waals surface area contributed by atoms with Crippen molar-refractivity contribution in [2.75, 3.05) is 32.1 Å². The van der Waals surface area contributed by atoms with Crippen molar-refractivity contribution in [3.05, 3.63) is 83.4 Å². The number of nitrogens with one attached hydrogen (secondary N) is 1. The highest BCUT2D eigenvalue weighted by molar-refractivity contribution is 6.06. The molecule has 4 rings (SSSR count). The zero-order chi connectivity index (χ0) is 29.7. The SMILES string of the molecule is C[C@@H]1CN([C@H](C)CO)C(=O)c2cccc(NC(=O)c3cnccn3)c2O[C@@H]1CN(C)Cc1ccc(C(F)(F)F)cc1. The van der Waals surface area contributed by atoms with Crippen LogP contribution >= 0.6 is 0 Å². The van der Waals surface area contributed by atoms with E-state index >= 15 is 0 Å². The molecule has 1 aromatic heterocycles. The molecule has 9 nitrogen and oxygen atoms in total. The van der Waals surface area contributed by atoms with Crippen molar-refractivity contribution in [3.63, 3.8) is 0 Å². The second kappa shape index (κ2) is 12.6. The van der Waals surface area contributed by atoms with Crippen LogP contribution in [0.3, 0.4) is 0 Å². The first-order chi connectivity index (χ1) is 19.5. The number of hydrogen-bond donors (Lipinski definition) is 2. The number of aliphatic hydroxyl groups excluding tert-OH is 1. The van der Waals surface area contributed by atoms with E-state index in [4.69, 9.17) is 4.74 Å². The molecular formula is C29H32F3N5O4. The lowest BCUT2D eigenvalue weighted by molar-refractivity contribution is -0.137. The summed E-state index contributed by atoms with van der Waals surface area (Å²) in [7, 11) is 1.83. The molecule has 2 heterocycles. The molecule has 0 saturated heterocycles. The van der Waals surface area contributed by atoms with Gasteiger partial charge in [-0.25, -0.2) is 4.98 Å². The number of aliphatic hydroxyl groups is 1. The van der Waals surface area contributed by atoms with Crippen LogP contribution in [-0.4, -0.2) is 75.6 Å². The Morgan fingerprint density at radius 2 is 1.95 bits per heavy atom. The number of carbonyl (C=O) groups excluding carboxylic acids is 2. The Morgan fingerprint density at radius 1 is 1.22 bits per heavy atom. The number of fused-ring (bicyclic) bond motifs is 1. The number of benzene rings is 2. The van der Waals surface area contributed by atoms with Gasteiger partial charge >= 0.3 is 6.18 Å². The van der Waals surface area contributed by atoms with Crippen LogP contribution in [-0.2, 0) is 12.7 Å². The number of carbonyl (C=O) groups is 2. The minimum absolute atomic E-state index is 0.0824. The van der Waals surface area contributed by atoms with Crippen LogP contribution in [0.15, 0.2) is 61.1 Å². The summed E-state index contributed by atoms with van der Waals surface area (Å²) >= 11 is 0. The number of ether oxygens (including phenoxy) is 1. The number of rotatable bonds is 8. The standard InChI is InChI=1S/C29H32F3N5O4/c1-18-14-37(19(2)17-38)28(40)22-5-4-6-23(35-27(39)24-13-33-11-12-34-24)26(22)41-25(18)16-36(3)15-20-7-9-21(10-8-20)29(30,31)32/h4-13,18-19,25,38H,14-17H2,1-3H3,(H,35,39)/t18-,19-,25-/m1/s1. The molecule has 0 bridgehead atoms. The minimum atomic E-state index is -4.41. The van der Waals surface area contributed by atoms with Crippen molar-refractivity contribution >= 4 is 17.5 Å². The van der Waals surface area contributed by atoms with Crippen LogP contribution in [0.4, 0.5) is 18.9 Å². The molecule has 0 spiro atoms. The summed E-state index contributed by atoms with van der Waals surface area (Å²) < 4.78 is 45.4. The third-order valence-electron chi connectivity index (χ3n) is 6.96. The monoisotopic (exact) mass is 571 g/mol. The van der Waals surface area contributed by atoms with E-state index in [9.17, 15) is 27.9 Å². The Labute approximate surface area is 236 Å².